The van der Waals surface area contributed by atoms with E-state index in [0.29, 0.717) is 24.2 Å². The Hall–Kier alpha value is -2.21. The number of hydrogen-bond acceptors (Lipinski definition) is 4. The predicted molar refractivity (Wildman–Crippen MR) is 128 cm³/mol. The number of benzene rings is 1. The van der Waals surface area contributed by atoms with Crippen LogP contribution in [0.25, 0.3) is 10.9 Å². The van der Waals surface area contributed by atoms with Gasteiger partial charge in [-0.15, -0.1) is 0 Å². The smallest absolute Gasteiger partial charge is 0.303 e. The second-order valence-corrected chi connectivity index (χ2v) is 10.00. The molecule has 1 saturated heterocycles. The number of piperidine rings is 1. The Morgan fingerprint density at radius 2 is 2.03 bits per heavy atom. The summed E-state index contributed by atoms with van der Waals surface area (Å²) in [6.45, 7) is 2.93. The molecule has 2 aliphatic rings. The lowest BCUT2D eigenvalue weighted by atomic mass is 9.79. The van der Waals surface area contributed by atoms with Crippen molar-refractivity contribution in [1.29, 1.82) is 0 Å². The molecule has 0 radical (unpaired) electrons. The van der Waals surface area contributed by atoms with E-state index in [4.69, 9.17) is 4.74 Å². The lowest BCUT2D eigenvalue weighted by Crippen LogP contribution is -2.43. The van der Waals surface area contributed by atoms with Gasteiger partial charge in [-0.05, 0) is 86.2 Å². The third-order valence-corrected chi connectivity index (χ3v) is 7.76. The molecule has 33 heavy (non-hydrogen) atoms. The number of alkyl halides is 1. The highest BCUT2D eigenvalue weighted by atomic mass is 19.1. The number of carbonyl (C=O) groups is 1. The largest absolute Gasteiger partial charge is 0.497 e. The minimum Gasteiger partial charge on any atom is -0.497 e. The Labute approximate surface area is 196 Å². The number of pyridine rings is 1. The summed E-state index contributed by atoms with van der Waals surface area (Å²) in [4.78, 5) is 18.4. The van der Waals surface area contributed by atoms with Gasteiger partial charge in [-0.3, -0.25) is 9.78 Å². The van der Waals surface area contributed by atoms with Gasteiger partial charge in [-0.1, -0.05) is 19.3 Å². The predicted octanol–water partition coefficient (Wildman–Crippen LogP) is 6.03. The van der Waals surface area contributed by atoms with Gasteiger partial charge in [0.05, 0.1) is 12.6 Å². The molecule has 1 saturated carbocycles. The fourth-order valence-electron chi connectivity index (χ4n) is 5.95. The Bertz CT molecular complexity index is 931. The fourth-order valence-corrected chi connectivity index (χ4v) is 5.95. The molecule has 6 heteroatoms. The molecule has 1 aliphatic carbocycles. The van der Waals surface area contributed by atoms with Crippen molar-refractivity contribution in [3.8, 4) is 5.75 Å². The van der Waals surface area contributed by atoms with Crippen LogP contribution in [0, 0.1) is 17.8 Å². The summed E-state index contributed by atoms with van der Waals surface area (Å²) in [5.41, 5.74) is 1.40. The van der Waals surface area contributed by atoms with Crippen molar-refractivity contribution in [3.63, 3.8) is 0 Å². The van der Waals surface area contributed by atoms with E-state index in [2.05, 4.69) is 9.88 Å². The maximum absolute atomic E-state index is 15.4. The van der Waals surface area contributed by atoms with E-state index in [1.807, 2.05) is 18.2 Å². The molecule has 1 aromatic carbocycles. The average Bonchev–Trinajstić information content (AvgIpc) is 2.83. The van der Waals surface area contributed by atoms with Crippen molar-refractivity contribution in [2.45, 2.75) is 64.0 Å². The summed E-state index contributed by atoms with van der Waals surface area (Å²) in [5.74, 6) is 1.06. The second-order valence-electron chi connectivity index (χ2n) is 10.00. The number of likely N-dealkylation sites (tertiary alicyclic amines) is 1. The number of methoxy groups -OCH3 is 1. The first-order valence-corrected chi connectivity index (χ1v) is 12.5. The van der Waals surface area contributed by atoms with Crippen LogP contribution in [-0.4, -0.2) is 47.7 Å². The van der Waals surface area contributed by atoms with E-state index >= 15 is 4.39 Å². The first-order chi connectivity index (χ1) is 16.0. The quantitative estimate of drug-likeness (QED) is 0.499. The van der Waals surface area contributed by atoms with Gasteiger partial charge in [0.1, 0.15) is 11.9 Å². The molecule has 1 aliphatic heterocycles. The van der Waals surface area contributed by atoms with Crippen molar-refractivity contribution < 1.29 is 19.0 Å². The van der Waals surface area contributed by atoms with Gasteiger partial charge >= 0.3 is 5.97 Å². The van der Waals surface area contributed by atoms with E-state index in [0.717, 1.165) is 42.9 Å². The monoisotopic (exact) mass is 456 g/mol. The first-order valence-electron chi connectivity index (χ1n) is 12.5. The first kappa shape index (κ1) is 23.9. The fraction of sp³-hybridized carbons (Fsp3) is 0.630. The van der Waals surface area contributed by atoms with Gasteiger partial charge in [0.25, 0.3) is 0 Å². The van der Waals surface area contributed by atoms with Crippen LogP contribution in [0.1, 0.15) is 69.5 Å². The average molecular weight is 457 g/mol. The highest BCUT2D eigenvalue weighted by molar-refractivity contribution is 5.83. The van der Waals surface area contributed by atoms with Crippen molar-refractivity contribution in [3.05, 3.63) is 36.0 Å². The topological polar surface area (TPSA) is 62.7 Å². The number of halogens is 1. The molecule has 0 amide bonds. The molecule has 2 heterocycles. The minimum absolute atomic E-state index is 0.0984. The zero-order valence-electron chi connectivity index (χ0n) is 19.7. The minimum atomic E-state index is -1.10. The molecule has 0 spiro atoms. The molecular weight excluding hydrogens is 419 g/mol. The lowest BCUT2D eigenvalue weighted by molar-refractivity contribution is -0.139. The molecule has 4 rings (SSSR count). The van der Waals surface area contributed by atoms with E-state index in [1.165, 1.54) is 32.1 Å². The van der Waals surface area contributed by atoms with Crippen LogP contribution in [0.4, 0.5) is 4.39 Å². The van der Waals surface area contributed by atoms with Crippen LogP contribution in [0.2, 0.25) is 0 Å². The Morgan fingerprint density at radius 1 is 1.21 bits per heavy atom. The van der Waals surface area contributed by atoms with Crippen LogP contribution >= 0.6 is 0 Å². The standard InChI is InChI=1S/C27H37FN2O3/c1-33-22-8-10-26-24(16-22)23(11-13-29-26)25(28)9-7-20-12-14-30(18-21(20)15-27(31)32)17-19-5-3-2-4-6-19/h8,10-11,13,16,19-21,25H,2-7,9,12,14-15,17-18H2,1H3,(H,31,32)/t20-,21+,25-/m1/s1. The number of ether oxygens (including phenoxy) is 1. The van der Waals surface area contributed by atoms with Gasteiger partial charge in [0.15, 0.2) is 0 Å². The Balaban J connectivity index is 1.39. The molecule has 1 N–H and O–H groups in total. The van der Waals surface area contributed by atoms with E-state index in [9.17, 15) is 9.90 Å². The van der Waals surface area contributed by atoms with Crippen LogP contribution in [0.3, 0.4) is 0 Å². The number of nitrogens with zero attached hydrogens (tertiary/aromatic N) is 2. The number of hydrogen-bond donors (Lipinski definition) is 1. The zero-order chi connectivity index (χ0) is 23.2. The van der Waals surface area contributed by atoms with E-state index < -0.39 is 12.1 Å². The number of carboxylic acids is 1. The summed E-state index contributed by atoms with van der Waals surface area (Å²) >= 11 is 0. The summed E-state index contributed by atoms with van der Waals surface area (Å²) in [5, 5.41) is 10.3. The molecule has 1 aromatic heterocycles. The number of aromatic nitrogens is 1. The van der Waals surface area contributed by atoms with Gasteiger partial charge in [-0.2, -0.15) is 0 Å². The Morgan fingerprint density at radius 3 is 2.79 bits per heavy atom. The third-order valence-electron chi connectivity index (χ3n) is 7.76. The van der Waals surface area contributed by atoms with E-state index in [1.54, 1.807) is 19.4 Å². The highest BCUT2D eigenvalue weighted by Crippen LogP contribution is 2.37. The maximum Gasteiger partial charge on any atom is 0.303 e. The summed E-state index contributed by atoms with van der Waals surface area (Å²) < 4.78 is 20.8. The summed E-state index contributed by atoms with van der Waals surface area (Å²) in [6.07, 6.45) is 9.42. The molecule has 0 bridgehead atoms. The van der Waals surface area contributed by atoms with Gasteiger partial charge < -0.3 is 14.7 Å². The molecule has 3 atom stereocenters. The van der Waals surface area contributed by atoms with Crippen LogP contribution in [0.5, 0.6) is 5.75 Å². The van der Waals surface area contributed by atoms with Gasteiger partial charge in [-0.25, -0.2) is 4.39 Å². The van der Waals surface area contributed by atoms with Crippen molar-refractivity contribution in [2.75, 3.05) is 26.7 Å². The van der Waals surface area contributed by atoms with Crippen LogP contribution in [-0.2, 0) is 4.79 Å². The molecule has 180 valence electrons. The Kier molecular flexibility index (Phi) is 8.18. The number of fused-ring (bicyclic) bond motifs is 1. The third kappa shape index (κ3) is 6.23. The molecule has 2 fully saturated rings. The lowest BCUT2D eigenvalue weighted by Gasteiger charge is -2.40. The molecule has 5 nitrogen and oxygen atoms in total. The van der Waals surface area contributed by atoms with E-state index in [-0.39, 0.29) is 18.3 Å². The van der Waals surface area contributed by atoms with Gasteiger partial charge in [0, 0.05) is 31.1 Å². The summed E-state index contributed by atoms with van der Waals surface area (Å²) in [7, 11) is 1.60. The number of carboxylic acid groups (broad SMARTS) is 1. The molecule has 2 aromatic rings. The van der Waals surface area contributed by atoms with Crippen LogP contribution < -0.4 is 4.74 Å². The maximum atomic E-state index is 15.4. The van der Waals surface area contributed by atoms with Crippen molar-refractivity contribution in [1.82, 2.24) is 9.88 Å². The molecule has 0 unspecified atom stereocenters. The van der Waals surface area contributed by atoms with Crippen molar-refractivity contribution in [2.24, 2.45) is 17.8 Å². The normalized spacial score (nSPS) is 23.5. The van der Waals surface area contributed by atoms with Crippen LogP contribution in [0.15, 0.2) is 30.5 Å². The SMILES string of the molecule is COc1ccc2nccc([C@H](F)CC[C@@H]3CCN(CC4CCCCC4)C[C@@H]3CC(=O)O)c2c1. The second kappa shape index (κ2) is 11.3. The van der Waals surface area contributed by atoms with Crippen molar-refractivity contribution >= 4 is 16.9 Å². The highest BCUT2D eigenvalue weighted by Gasteiger charge is 2.32. The zero-order valence-corrected chi connectivity index (χ0v) is 19.7. The molecular formula is C27H37FN2O3. The summed E-state index contributed by atoms with van der Waals surface area (Å²) in [6, 6.07) is 7.30. The number of rotatable bonds is 9. The van der Waals surface area contributed by atoms with Gasteiger partial charge in [0.2, 0.25) is 0 Å². The number of aliphatic carboxylic acids is 1.